The fourth-order valence-electron chi connectivity index (χ4n) is 0.891. The minimum atomic E-state index is -4.41. The highest BCUT2D eigenvalue weighted by Gasteiger charge is 2.32. The lowest BCUT2D eigenvalue weighted by atomic mass is 10.2. The van der Waals surface area contributed by atoms with E-state index >= 15 is 0 Å². The molecule has 2 nitrogen and oxygen atoms in total. The van der Waals surface area contributed by atoms with Gasteiger partial charge in [0.15, 0.2) is 0 Å². The van der Waals surface area contributed by atoms with Crippen LogP contribution in [0.3, 0.4) is 0 Å². The van der Waals surface area contributed by atoms with Gasteiger partial charge >= 0.3 is 6.18 Å². The van der Waals surface area contributed by atoms with Crippen LogP contribution in [0.1, 0.15) is 11.4 Å². The summed E-state index contributed by atoms with van der Waals surface area (Å²) in [5.74, 6) is 0. The Kier molecular flexibility index (Phi) is 2.87. The zero-order chi connectivity index (χ0) is 9.90. The van der Waals surface area contributed by atoms with Crippen LogP contribution in [0, 0.1) is 0 Å². The van der Waals surface area contributed by atoms with Crippen LogP contribution in [0.15, 0.2) is 18.2 Å². The number of halogens is 3. The molecular weight excluding hydrogens is 183 g/mol. The molecule has 0 spiro atoms. The van der Waals surface area contributed by atoms with Crippen LogP contribution >= 0.6 is 0 Å². The molecule has 0 saturated carbocycles. The first-order chi connectivity index (χ1) is 6.04. The maximum Gasteiger partial charge on any atom is 0.433 e. The second kappa shape index (κ2) is 3.74. The standard InChI is InChI=1S/C8H8F3NO/c9-8(10,11)7-3-1-2-6(12-7)4-5-13/h1-3,13H,4-5H2. The van der Waals surface area contributed by atoms with E-state index in [0.29, 0.717) is 0 Å². The zero-order valence-electron chi connectivity index (χ0n) is 6.67. The van der Waals surface area contributed by atoms with Crippen molar-refractivity contribution in [2.75, 3.05) is 6.61 Å². The summed E-state index contributed by atoms with van der Waals surface area (Å²) in [5.41, 5.74) is -0.671. The van der Waals surface area contributed by atoms with Crippen LogP contribution in [0.2, 0.25) is 0 Å². The molecule has 0 bridgehead atoms. The molecular formula is C8H8F3NO. The van der Waals surface area contributed by atoms with Gasteiger partial charge in [-0.1, -0.05) is 6.07 Å². The van der Waals surface area contributed by atoms with Crippen molar-refractivity contribution in [3.05, 3.63) is 29.6 Å². The number of aliphatic hydroxyl groups is 1. The summed E-state index contributed by atoms with van der Waals surface area (Å²) in [6.45, 7) is -0.200. The average Bonchev–Trinajstić information content (AvgIpc) is 2.04. The summed E-state index contributed by atoms with van der Waals surface area (Å²) in [5, 5.41) is 8.49. The van der Waals surface area contributed by atoms with E-state index in [4.69, 9.17) is 5.11 Å². The molecule has 13 heavy (non-hydrogen) atoms. The highest BCUT2D eigenvalue weighted by Crippen LogP contribution is 2.27. The lowest BCUT2D eigenvalue weighted by Crippen LogP contribution is -2.09. The number of hydrogen-bond acceptors (Lipinski definition) is 2. The topological polar surface area (TPSA) is 33.1 Å². The number of nitrogens with zero attached hydrogens (tertiary/aromatic N) is 1. The molecule has 1 rings (SSSR count). The maximum atomic E-state index is 12.1. The minimum Gasteiger partial charge on any atom is -0.396 e. The summed E-state index contributed by atoms with van der Waals surface area (Å²) in [4.78, 5) is 3.35. The van der Waals surface area contributed by atoms with Gasteiger partial charge in [0, 0.05) is 18.7 Å². The Morgan fingerprint density at radius 1 is 1.31 bits per heavy atom. The van der Waals surface area contributed by atoms with Crippen LogP contribution < -0.4 is 0 Å². The fourth-order valence-corrected chi connectivity index (χ4v) is 0.891. The molecule has 0 aliphatic carbocycles. The molecule has 0 fully saturated rings. The molecule has 0 radical (unpaired) electrons. The van der Waals surface area contributed by atoms with Gasteiger partial charge in [-0.25, -0.2) is 4.98 Å². The Morgan fingerprint density at radius 3 is 2.54 bits per heavy atom. The Labute approximate surface area is 73.0 Å². The Morgan fingerprint density at radius 2 is 2.00 bits per heavy atom. The van der Waals surface area contributed by atoms with Crippen molar-refractivity contribution >= 4 is 0 Å². The third kappa shape index (κ3) is 2.69. The molecule has 5 heteroatoms. The number of aromatic nitrogens is 1. The third-order valence-electron chi connectivity index (χ3n) is 1.47. The summed E-state index contributed by atoms with van der Waals surface area (Å²) in [6, 6.07) is 3.63. The number of rotatable bonds is 2. The van der Waals surface area contributed by atoms with Crippen molar-refractivity contribution in [1.82, 2.24) is 4.98 Å². The van der Waals surface area contributed by atoms with Crippen molar-refractivity contribution in [2.24, 2.45) is 0 Å². The smallest absolute Gasteiger partial charge is 0.396 e. The highest BCUT2D eigenvalue weighted by atomic mass is 19.4. The van der Waals surface area contributed by atoms with E-state index in [2.05, 4.69) is 4.98 Å². The van der Waals surface area contributed by atoms with Gasteiger partial charge < -0.3 is 5.11 Å². The van der Waals surface area contributed by atoms with Crippen LogP contribution in [0.4, 0.5) is 13.2 Å². The van der Waals surface area contributed by atoms with E-state index in [1.54, 1.807) is 0 Å². The van der Waals surface area contributed by atoms with Crippen LogP contribution in [-0.4, -0.2) is 16.7 Å². The van der Waals surface area contributed by atoms with E-state index in [-0.39, 0.29) is 18.7 Å². The van der Waals surface area contributed by atoms with E-state index < -0.39 is 11.9 Å². The van der Waals surface area contributed by atoms with Gasteiger partial charge in [0.25, 0.3) is 0 Å². The van der Waals surface area contributed by atoms with Gasteiger partial charge in [-0.2, -0.15) is 13.2 Å². The van der Waals surface area contributed by atoms with Crippen molar-refractivity contribution in [1.29, 1.82) is 0 Å². The summed E-state index contributed by atoms with van der Waals surface area (Å²) in [7, 11) is 0. The van der Waals surface area contributed by atoms with Crippen molar-refractivity contribution in [3.8, 4) is 0 Å². The summed E-state index contributed by atoms with van der Waals surface area (Å²) >= 11 is 0. The van der Waals surface area contributed by atoms with Gasteiger partial charge in [-0.05, 0) is 12.1 Å². The number of hydrogen-bond donors (Lipinski definition) is 1. The molecule has 0 amide bonds. The first kappa shape index (κ1) is 9.98. The second-order valence-corrected chi connectivity index (χ2v) is 2.49. The third-order valence-corrected chi connectivity index (χ3v) is 1.47. The lowest BCUT2D eigenvalue weighted by Gasteiger charge is -2.06. The van der Waals surface area contributed by atoms with Crippen molar-refractivity contribution < 1.29 is 18.3 Å². The largest absolute Gasteiger partial charge is 0.433 e. The van der Waals surface area contributed by atoms with Crippen LogP contribution in [0.5, 0.6) is 0 Å². The first-order valence-electron chi connectivity index (χ1n) is 3.68. The van der Waals surface area contributed by atoms with Gasteiger partial charge in [0.05, 0.1) is 0 Å². The van der Waals surface area contributed by atoms with E-state index in [9.17, 15) is 13.2 Å². The van der Waals surface area contributed by atoms with Gasteiger partial charge in [-0.15, -0.1) is 0 Å². The number of pyridine rings is 1. The molecule has 1 N–H and O–H groups in total. The maximum absolute atomic E-state index is 12.1. The fraction of sp³-hybridized carbons (Fsp3) is 0.375. The number of aliphatic hydroxyl groups excluding tert-OH is 1. The van der Waals surface area contributed by atoms with Gasteiger partial charge in [0.1, 0.15) is 5.69 Å². The monoisotopic (exact) mass is 191 g/mol. The SMILES string of the molecule is OCCc1cccc(C(F)(F)F)n1. The second-order valence-electron chi connectivity index (χ2n) is 2.49. The predicted molar refractivity (Wildman–Crippen MR) is 40.0 cm³/mol. The molecule has 1 aromatic rings. The molecule has 0 unspecified atom stereocenters. The Bertz CT molecular complexity index is 285. The Hall–Kier alpha value is -1.10. The average molecular weight is 191 g/mol. The first-order valence-corrected chi connectivity index (χ1v) is 3.68. The minimum absolute atomic E-state index is 0.143. The molecule has 0 aliphatic heterocycles. The van der Waals surface area contributed by atoms with E-state index in [1.807, 2.05) is 0 Å². The van der Waals surface area contributed by atoms with Gasteiger partial charge in [0.2, 0.25) is 0 Å². The molecule has 0 atom stereocenters. The predicted octanol–water partition coefficient (Wildman–Crippen LogP) is 1.64. The molecule has 0 aromatic carbocycles. The Balaban J connectivity index is 2.92. The normalized spacial score (nSPS) is 11.7. The van der Waals surface area contributed by atoms with E-state index in [1.165, 1.54) is 12.1 Å². The lowest BCUT2D eigenvalue weighted by molar-refractivity contribution is -0.141. The van der Waals surface area contributed by atoms with Crippen LogP contribution in [-0.2, 0) is 12.6 Å². The van der Waals surface area contributed by atoms with Crippen molar-refractivity contribution in [3.63, 3.8) is 0 Å². The van der Waals surface area contributed by atoms with E-state index in [0.717, 1.165) is 6.07 Å². The number of alkyl halides is 3. The van der Waals surface area contributed by atoms with Crippen LogP contribution in [0.25, 0.3) is 0 Å². The summed E-state index contributed by atoms with van der Waals surface area (Å²) in [6.07, 6.45) is -4.27. The zero-order valence-corrected chi connectivity index (χ0v) is 6.67. The van der Waals surface area contributed by atoms with Gasteiger partial charge in [-0.3, -0.25) is 0 Å². The molecule has 0 aliphatic rings. The van der Waals surface area contributed by atoms with Crippen molar-refractivity contribution in [2.45, 2.75) is 12.6 Å². The quantitative estimate of drug-likeness (QED) is 0.770. The molecule has 1 aromatic heterocycles. The summed E-state index contributed by atoms with van der Waals surface area (Å²) < 4.78 is 36.2. The highest BCUT2D eigenvalue weighted by molar-refractivity contribution is 5.13. The molecule has 72 valence electrons. The molecule has 1 heterocycles. The molecule has 0 saturated heterocycles.